The van der Waals surface area contributed by atoms with Crippen LogP contribution in [0.5, 0.6) is 0 Å². The molecule has 5 nitrogen and oxygen atoms in total. The van der Waals surface area contributed by atoms with Crippen molar-refractivity contribution >= 4 is 17.5 Å². The van der Waals surface area contributed by atoms with Crippen LogP contribution in [0.25, 0.3) is 0 Å². The fourth-order valence-electron chi connectivity index (χ4n) is 2.69. The average molecular weight is 307 g/mol. The van der Waals surface area contributed by atoms with Gasteiger partial charge in [0, 0.05) is 12.0 Å². The van der Waals surface area contributed by atoms with Crippen molar-refractivity contribution in [1.82, 2.24) is 10.5 Å². The van der Waals surface area contributed by atoms with Crippen LogP contribution in [0, 0.1) is 6.92 Å². The van der Waals surface area contributed by atoms with E-state index in [1.807, 2.05) is 24.3 Å². The fraction of sp³-hybridized carbons (Fsp3) is 0.333. The summed E-state index contributed by atoms with van der Waals surface area (Å²) in [6.07, 6.45) is 0.0265. The molecule has 0 saturated carbocycles. The van der Waals surface area contributed by atoms with Gasteiger partial charge in [0.1, 0.15) is 0 Å². The maximum Gasteiger partial charge on any atom is 0.229 e. The molecule has 1 aromatic heterocycles. The molecule has 2 unspecified atom stereocenters. The smallest absolute Gasteiger partial charge is 0.229 e. The minimum Gasteiger partial charge on any atom is -0.390 e. The molecule has 110 valence electrons. The molecular formula is C15H15ClN2O3. The Hall–Kier alpha value is -1.85. The van der Waals surface area contributed by atoms with Gasteiger partial charge in [-0.15, -0.1) is 0 Å². The van der Waals surface area contributed by atoms with Gasteiger partial charge in [-0.05, 0) is 29.7 Å². The number of carbonyl (C=O) groups excluding carboxylic acids is 1. The Morgan fingerprint density at radius 2 is 2.29 bits per heavy atom. The molecule has 2 atom stereocenters. The van der Waals surface area contributed by atoms with Gasteiger partial charge in [0.25, 0.3) is 0 Å². The van der Waals surface area contributed by atoms with Gasteiger partial charge >= 0.3 is 0 Å². The van der Waals surface area contributed by atoms with Gasteiger partial charge in [-0.2, -0.15) is 0 Å². The molecule has 1 aliphatic carbocycles. The molecule has 2 N–H and O–H groups in total. The van der Waals surface area contributed by atoms with Crippen molar-refractivity contribution in [1.29, 1.82) is 0 Å². The van der Waals surface area contributed by atoms with Crippen LogP contribution < -0.4 is 5.32 Å². The third-order valence-electron chi connectivity index (χ3n) is 3.79. The Balaban J connectivity index is 1.74. The van der Waals surface area contributed by atoms with Crippen LogP contribution >= 0.6 is 11.6 Å². The summed E-state index contributed by atoms with van der Waals surface area (Å²) >= 11 is 5.86. The summed E-state index contributed by atoms with van der Waals surface area (Å²) in [5.41, 5.74) is 3.21. The number of benzene rings is 1. The number of nitrogens with zero attached hydrogens (tertiary/aromatic N) is 1. The lowest BCUT2D eigenvalue weighted by Crippen LogP contribution is -2.34. The Morgan fingerprint density at radius 1 is 1.52 bits per heavy atom. The fourth-order valence-corrected chi connectivity index (χ4v) is 2.93. The van der Waals surface area contributed by atoms with E-state index in [1.54, 1.807) is 6.92 Å². The summed E-state index contributed by atoms with van der Waals surface area (Å²) in [5, 5.41) is 16.8. The second-order valence-electron chi connectivity index (χ2n) is 5.21. The minimum absolute atomic E-state index is 0.0829. The number of halogens is 1. The summed E-state index contributed by atoms with van der Waals surface area (Å²) in [5.74, 6) is -0.219. The molecule has 0 spiro atoms. The number of rotatable bonds is 3. The van der Waals surface area contributed by atoms with Gasteiger partial charge < -0.3 is 14.9 Å². The first-order valence-electron chi connectivity index (χ1n) is 6.72. The van der Waals surface area contributed by atoms with Gasteiger partial charge in [-0.25, -0.2) is 0 Å². The molecule has 0 saturated heterocycles. The maximum absolute atomic E-state index is 12.2. The highest BCUT2D eigenvalue weighted by molar-refractivity contribution is 6.29. The lowest BCUT2D eigenvalue weighted by atomic mass is 10.1. The molecule has 0 aliphatic heterocycles. The summed E-state index contributed by atoms with van der Waals surface area (Å²) < 4.78 is 4.83. The number of hydrogen-bond donors (Lipinski definition) is 2. The molecule has 1 heterocycles. The summed E-state index contributed by atoms with van der Waals surface area (Å²) in [4.78, 5) is 12.2. The van der Waals surface area contributed by atoms with E-state index in [1.165, 1.54) is 0 Å². The van der Waals surface area contributed by atoms with Gasteiger partial charge in [-0.3, -0.25) is 4.79 Å². The number of aliphatic hydroxyl groups is 1. The van der Waals surface area contributed by atoms with Crippen LogP contribution in [0.4, 0.5) is 0 Å². The number of nitrogens with one attached hydrogen (secondary N) is 1. The van der Waals surface area contributed by atoms with E-state index < -0.39 is 6.10 Å². The van der Waals surface area contributed by atoms with Crippen LogP contribution in [0.3, 0.4) is 0 Å². The first-order chi connectivity index (χ1) is 10.1. The summed E-state index contributed by atoms with van der Waals surface area (Å²) in [6.45, 7) is 1.73. The van der Waals surface area contributed by atoms with Gasteiger partial charge in [0.05, 0.1) is 24.3 Å². The SMILES string of the molecule is Cc1noc(Cl)c1CC(=O)NC1c2ccccc2CC1O. The van der Waals surface area contributed by atoms with Crippen LogP contribution in [0.1, 0.15) is 28.4 Å². The molecule has 0 fully saturated rings. The summed E-state index contributed by atoms with van der Waals surface area (Å²) in [7, 11) is 0. The molecular weight excluding hydrogens is 292 g/mol. The van der Waals surface area contributed by atoms with Crippen LogP contribution in [-0.2, 0) is 17.6 Å². The zero-order valence-corrected chi connectivity index (χ0v) is 12.2. The van der Waals surface area contributed by atoms with E-state index in [2.05, 4.69) is 10.5 Å². The van der Waals surface area contributed by atoms with Crippen molar-refractivity contribution in [3.8, 4) is 0 Å². The number of aromatic nitrogens is 1. The number of hydrogen-bond acceptors (Lipinski definition) is 4. The second kappa shape index (κ2) is 5.50. The lowest BCUT2D eigenvalue weighted by Gasteiger charge is -2.17. The average Bonchev–Trinajstić information content (AvgIpc) is 2.93. The molecule has 1 amide bonds. The molecule has 2 aromatic rings. The highest BCUT2D eigenvalue weighted by Gasteiger charge is 2.32. The van der Waals surface area contributed by atoms with Crippen molar-refractivity contribution in [2.75, 3.05) is 0 Å². The van der Waals surface area contributed by atoms with Crippen molar-refractivity contribution in [2.24, 2.45) is 0 Å². The number of fused-ring (bicyclic) bond motifs is 1. The van der Waals surface area contributed by atoms with E-state index in [-0.39, 0.29) is 23.6 Å². The van der Waals surface area contributed by atoms with Crippen molar-refractivity contribution in [3.05, 3.63) is 51.9 Å². The van der Waals surface area contributed by atoms with Gasteiger partial charge in [0.2, 0.25) is 11.1 Å². The predicted octanol–water partition coefficient (Wildman–Crippen LogP) is 1.95. The van der Waals surface area contributed by atoms with E-state index >= 15 is 0 Å². The highest BCUT2D eigenvalue weighted by Crippen LogP contribution is 2.31. The molecule has 3 rings (SSSR count). The topological polar surface area (TPSA) is 75.4 Å². The van der Waals surface area contributed by atoms with E-state index in [9.17, 15) is 9.90 Å². The number of aliphatic hydroxyl groups excluding tert-OH is 1. The number of amides is 1. The molecule has 1 aliphatic rings. The van der Waals surface area contributed by atoms with Crippen molar-refractivity contribution in [2.45, 2.75) is 31.9 Å². The van der Waals surface area contributed by atoms with Gasteiger partial charge in [0.15, 0.2) is 0 Å². The Morgan fingerprint density at radius 3 is 3.00 bits per heavy atom. The number of aryl methyl sites for hydroxylation is 1. The Bertz CT molecular complexity index is 664. The Kier molecular flexibility index (Phi) is 3.69. The van der Waals surface area contributed by atoms with Crippen LogP contribution in [-0.4, -0.2) is 22.3 Å². The van der Waals surface area contributed by atoms with Gasteiger partial charge in [-0.1, -0.05) is 29.4 Å². The third-order valence-corrected chi connectivity index (χ3v) is 4.09. The van der Waals surface area contributed by atoms with E-state index in [0.29, 0.717) is 17.7 Å². The zero-order valence-electron chi connectivity index (χ0n) is 11.5. The first kappa shape index (κ1) is 14.1. The first-order valence-corrected chi connectivity index (χ1v) is 7.10. The van der Waals surface area contributed by atoms with Crippen LogP contribution in [0.2, 0.25) is 5.22 Å². The van der Waals surface area contributed by atoms with Crippen molar-refractivity contribution in [3.63, 3.8) is 0 Å². The monoisotopic (exact) mass is 306 g/mol. The normalized spacial score (nSPS) is 20.3. The van der Waals surface area contributed by atoms with E-state index in [4.69, 9.17) is 16.1 Å². The lowest BCUT2D eigenvalue weighted by molar-refractivity contribution is -0.122. The zero-order chi connectivity index (χ0) is 15.0. The molecule has 6 heteroatoms. The number of carbonyl (C=O) groups is 1. The third kappa shape index (κ3) is 2.66. The molecule has 1 aromatic carbocycles. The highest BCUT2D eigenvalue weighted by atomic mass is 35.5. The largest absolute Gasteiger partial charge is 0.390 e. The molecule has 21 heavy (non-hydrogen) atoms. The Labute approximate surface area is 126 Å². The maximum atomic E-state index is 12.2. The summed E-state index contributed by atoms with van der Waals surface area (Å²) in [6, 6.07) is 7.33. The van der Waals surface area contributed by atoms with E-state index in [0.717, 1.165) is 11.1 Å². The molecule has 0 radical (unpaired) electrons. The predicted molar refractivity (Wildman–Crippen MR) is 77.0 cm³/mol. The van der Waals surface area contributed by atoms with Crippen molar-refractivity contribution < 1.29 is 14.4 Å². The minimum atomic E-state index is -0.606. The standard InChI is InChI=1S/C15H15ClN2O3/c1-8-11(15(16)21-18-8)7-13(20)17-14-10-5-3-2-4-9(10)6-12(14)19/h2-5,12,14,19H,6-7H2,1H3,(H,17,20). The van der Waals surface area contributed by atoms with Crippen LogP contribution in [0.15, 0.2) is 28.8 Å². The molecule has 0 bridgehead atoms. The second-order valence-corrected chi connectivity index (χ2v) is 5.56. The quantitative estimate of drug-likeness (QED) is 0.909.